The molecule has 2 unspecified atom stereocenters. The lowest BCUT2D eigenvalue weighted by Gasteiger charge is -2.29. The molecule has 0 saturated heterocycles. The fourth-order valence-electron chi connectivity index (χ4n) is 3.73. The summed E-state index contributed by atoms with van der Waals surface area (Å²) in [5, 5.41) is 29.9. The number of aliphatic hydroxyl groups is 3. The molecule has 18 nitrogen and oxygen atoms in total. The maximum Gasteiger partial charge on any atom is 0.427 e. The number of hydrogen-bond acceptors (Lipinski definition) is 15. The van der Waals surface area contributed by atoms with Crippen LogP contribution in [0.1, 0.15) is 90.0 Å². The quantitative estimate of drug-likeness (QED) is 0.328. The van der Waals surface area contributed by atoms with Gasteiger partial charge in [-0.1, -0.05) is 0 Å². The molecule has 0 aliphatic rings. The van der Waals surface area contributed by atoms with Gasteiger partial charge in [0.05, 0.1) is 19.0 Å². The summed E-state index contributed by atoms with van der Waals surface area (Å²) >= 11 is 0. The number of imide groups is 2. The summed E-state index contributed by atoms with van der Waals surface area (Å²) in [4.78, 5) is 68.2. The molecular formula is C31H50N6O12. The van der Waals surface area contributed by atoms with E-state index in [2.05, 4.69) is 15.0 Å². The first-order valence-electron chi connectivity index (χ1n) is 15.5. The van der Waals surface area contributed by atoms with Gasteiger partial charge in [-0.25, -0.2) is 24.2 Å². The van der Waals surface area contributed by atoms with Crippen LogP contribution in [-0.4, -0.2) is 107 Å². The first-order chi connectivity index (χ1) is 22.1. The number of fused-ring (bicyclic) bond motifs is 1. The van der Waals surface area contributed by atoms with Crippen molar-refractivity contribution in [2.24, 2.45) is 0 Å². The minimum Gasteiger partial charge on any atom is -0.443 e. The number of carbonyl (C=O) groups is 4. The van der Waals surface area contributed by atoms with Crippen LogP contribution in [0.5, 0.6) is 0 Å². The number of imidazole rings is 1. The number of aromatic nitrogens is 4. The molecule has 3 N–H and O–H groups in total. The zero-order valence-electron chi connectivity index (χ0n) is 30.4. The summed E-state index contributed by atoms with van der Waals surface area (Å²) < 4.78 is 28.8. The van der Waals surface area contributed by atoms with Crippen molar-refractivity contribution in [3.05, 3.63) is 6.33 Å². The van der Waals surface area contributed by atoms with E-state index in [4.69, 9.17) is 23.7 Å². The lowest BCUT2D eigenvalue weighted by atomic mass is 10.1. The molecule has 0 aromatic carbocycles. The highest BCUT2D eigenvalue weighted by molar-refractivity contribution is 6.14. The van der Waals surface area contributed by atoms with Crippen molar-refractivity contribution in [3.63, 3.8) is 0 Å². The maximum atomic E-state index is 13.7. The SMILES string of the molecule is CC(O)C(O)[C@@H](CO)OCn1cnc2c(N(C(=O)OC(C)(C)C)C(=O)OC(C)(C)C)nc(N(C(=O)OC(C)(C)C)C(=O)OC(C)(C)C)nc21. The molecule has 0 bridgehead atoms. The van der Waals surface area contributed by atoms with E-state index in [1.807, 2.05) is 0 Å². The summed E-state index contributed by atoms with van der Waals surface area (Å²) in [7, 11) is 0. The lowest BCUT2D eigenvalue weighted by molar-refractivity contribution is -0.119. The number of aliphatic hydroxyl groups excluding tert-OH is 3. The molecule has 0 saturated carbocycles. The van der Waals surface area contributed by atoms with Crippen molar-refractivity contribution in [1.82, 2.24) is 19.5 Å². The van der Waals surface area contributed by atoms with Crippen molar-refractivity contribution >= 4 is 47.3 Å². The van der Waals surface area contributed by atoms with Gasteiger partial charge in [-0.2, -0.15) is 14.9 Å². The van der Waals surface area contributed by atoms with Crippen LogP contribution in [-0.2, 0) is 30.4 Å². The Hall–Kier alpha value is -4.13. The van der Waals surface area contributed by atoms with Crippen molar-refractivity contribution in [2.45, 2.75) is 137 Å². The second-order valence-corrected chi connectivity index (χ2v) is 15.1. The van der Waals surface area contributed by atoms with Crippen LogP contribution >= 0.6 is 0 Å². The van der Waals surface area contributed by atoms with Crippen LogP contribution in [0, 0.1) is 0 Å². The second-order valence-electron chi connectivity index (χ2n) is 15.1. The summed E-state index contributed by atoms with van der Waals surface area (Å²) in [6.07, 6.45) is -7.82. The molecule has 276 valence electrons. The molecule has 3 atom stereocenters. The Kier molecular flexibility index (Phi) is 12.7. The average Bonchev–Trinajstić information content (AvgIpc) is 3.27. The number of anilines is 2. The van der Waals surface area contributed by atoms with Crippen LogP contribution in [0.3, 0.4) is 0 Å². The largest absolute Gasteiger partial charge is 0.443 e. The zero-order valence-corrected chi connectivity index (χ0v) is 30.4. The van der Waals surface area contributed by atoms with Crippen molar-refractivity contribution < 1.29 is 58.2 Å². The molecule has 0 radical (unpaired) electrons. The number of rotatable bonds is 8. The van der Waals surface area contributed by atoms with E-state index in [9.17, 15) is 34.5 Å². The monoisotopic (exact) mass is 698 g/mol. The van der Waals surface area contributed by atoms with Crippen LogP contribution in [0.25, 0.3) is 11.2 Å². The van der Waals surface area contributed by atoms with Gasteiger partial charge in [-0.05, 0) is 90.0 Å². The molecule has 0 fully saturated rings. The van der Waals surface area contributed by atoms with E-state index < -0.39 is 90.2 Å². The Balaban J connectivity index is 2.98. The lowest BCUT2D eigenvalue weighted by Crippen LogP contribution is -2.46. The molecule has 2 heterocycles. The summed E-state index contributed by atoms with van der Waals surface area (Å²) in [5.41, 5.74) is -4.84. The zero-order chi connectivity index (χ0) is 37.9. The molecule has 49 heavy (non-hydrogen) atoms. The van der Waals surface area contributed by atoms with E-state index in [1.54, 1.807) is 83.1 Å². The van der Waals surface area contributed by atoms with Gasteiger partial charge in [0.15, 0.2) is 17.0 Å². The molecule has 18 heteroatoms. The third-order valence-corrected chi connectivity index (χ3v) is 5.63. The highest BCUT2D eigenvalue weighted by atomic mass is 16.6. The van der Waals surface area contributed by atoms with Gasteiger partial charge >= 0.3 is 24.4 Å². The van der Waals surface area contributed by atoms with Crippen LogP contribution < -0.4 is 9.80 Å². The van der Waals surface area contributed by atoms with Gasteiger partial charge < -0.3 is 39.0 Å². The standard InChI is InChI=1S/C31H50N6O12/c1-17(39)20(40)18(14-38)45-16-35-15-32-19-21(35)33-23(37(26(43)48-30(8,9)10)27(44)49-31(11,12)13)34-22(19)36(24(41)46-28(2,3)4)25(42)47-29(5,6)7/h15,17-18,20,38-40H,14,16H2,1-13H3/t17?,18-,20?/m1/s1. The molecule has 2 aromatic rings. The molecule has 0 aliphatic heterocycles. The number of carbonyl (C=O) groups excluding carboxylic acids is 4. The summed E-state index contributed by atoms with van der Waals surface area (Å²) in [6.45, 7) is 18.9. The topological polar surface area (TPSA) is 225 Å². The molecular weight excluding hydrogens is 648 g/mol. The van der Waals surface area contributed by atoms with Gasteiger partial charge in [0, 0.05) is 0 Å². The molecule has 2 aromatic heterocycles. The predicted molar refractivity (Wildman–Crippen MR) is 175 cm³/mol. The van der Waals surface area contributed by atoms with Crippen molar-refractivity contribution in [2.75, 3.05) is 16.4 Å². The highest BCUT2D eigenvalue weighted by Gasteiger charge is 2.40. The van der Waals surface area contributed by atoms with Crippen LogP contribution in [0.4, 0.5) is 30.9 Å². The van der Waals surface area contributed by atoms with Crippen molar-refractivity contribution in [1.29, 1.82) is 0 Å². The highest BCUT2D eigenvalue weighted by Crippen LogP contribution is 2.30. The predicted octanol–water partition coefficient (Wildman–Crippen LogP) is 4.26. The van der Waals surface area contributed by atoms with Crippen LogP contribution in [0.2, 0.25) is 0 Å². The average molecular weight is 699 g/mol. The molecule has 4 amide bonds. The van der Waals surface area contributed by atoms with Crippen molar-refractivity contribution in [3.8, 4) is 0 Å². The smallest absolute Gasteiger partial charge is 0.427 e. The van der Waals surface area contributed by atoms with E-state index in [-0.39, 0.29) is 11.2 Å². The third-order valence-electron chi connectivity index (χ3n) is 5.63. The third kappa shape index (κ3) is 12.1. The Labute approximate surface area is 285 Å². The number of amides is 4. The fourth-order valence-corrected chi connectivity index (χ4v) is 3.73. The van der Waals surface area contributed by atoms with E-state index in [1.165, 1.54) is 17.8 Å². The second kappa shape index (κ2) is 15.2. The molecule has 0 aliphatic carbocycles. The summed E-state index contributed by atoms with van der Waals surface area (Å²) in [5.74, 6) is -1.25. The number of hydrogen-bond donors (Lipinski definition) is 3. The Morgan fingerprint density at radius 1 is 0.735 bits per heavy atom. The first kappa shape index (κ1) is 41.0. The van der Waals surface area contributed by atoms with Gasteiger partial charge in [-0.3, -0.25) is 4.57 Å². The maximum absolute atomic E-state index is 13.7. The van der Waals surface area contributed by atoms with Gasteiger partial charge in [0.25, 0.3) is 0 Å². The number of nitrogens with zero attached hydrogens (tertiary/aromatic N) is 6. The number of ether oxygens (including phenoxy) is 5. The molecule has 2 rings (SSSR count). The van der Waals surface area contributed by atoms with Gasteiger partial charge in [0.1, 0.15) is 41.3 Å². The van der Waals surface area contributed by atoms with Gasteiger partial charge in [0.2, 0.25) is 5.95 Å². The Morgan fingerprint density at radius 3 is 1.51 bits per heavy atom. The first-order valence-corrected chi connectivity index (χ1v) is 15.5. The Bertz CT molecular complexity index is 1440. The molecule has 0 spiro atoms. The van der Waals surface area contributed by atoms with E-state index in [0.717, 1.165) is 0 Å². The minimum atomic E-state index is -1.48. The van der Waals surface area contributed by atoms with Gasteiger partial charge in [-0.15, -0.1) is 4.90 Å². The van der Waals surface area contributed by atoms with Crippen LogP contribution in [0.15, 0.2) is 6.33 Å². The van der Waals surface area contributed by atoms with E-state index in [0.29, 0.717) is 9.80 Å². The summed E-state index contributed by atoms with van der Waals surface area (Å²) in [6, 6.07) is 0. The van der Waals surface area contributed by atoms with E-state index >= 15 is 0 Å². The normalized spacial score (nSPS) is 14.4. The minimum absolute atomic E-state index is 0.197. The fraction of sp³-hybridized carbons (Fsp3) is 0.710. The Morgan fingerprint density at radius 2 is 1.14 bits per heavy atom.